The summed E-state index contributed by atoms with van der Waals surface area (Å²) in [6.45, 7) is 0. The zero-order valence-corrected chi connectivity index (χ0v) is 10.5. The molecule has 0 unspecified atom stereocenters. The molecule has 1 rings (SSSR count). The molecule has 0 radical (unpaired) electrons. The van der Waals surface area contributed by atoms with Gasteiger partial charge in [0.05, 0.1) is 5.04 Å². The molecule has 0 aliphatic heterocycles. The van der Waals surface area contributed by atoms with Crippen molar-refractivity contribution in [3.05, 3.63) is 27.3 Å². The number of anilines is 1. The van der Waals surface area contributed by atoms with Gasteiger partial charge in [-0.05, 0) is 47.0 Å². The van der Waals surface area contributed by atoms with Crippen LogP contribution in [0.3, 0.4) is 0 Å². The summed E-state index contributed by atoms with van der Waals surface area (Å²) < 4.78 is 1.15. The number of halogens is 1. The molecule has 13 heavy (non-hydrogen) atoms. The summed E-state index contributed by atoms with van der Waals surface area (Å²) in [6.07, 6.45) is 1.92. The van der Waals surface area contributed by atoms with E-state index >= 15 is 0 Å². The minimum atomic E-state index is 0.606. The summed E-state index contributed by atoms with van der Waals surface area (Å²) in [4.78, 5) is 0. The summed E-state index contributed by atoms with van der Waals surface area (Å²) >= 11 is 3.72. The average molecular weight is 306 g/mol. The molecule has 4 heteroatoms. The zero-order valence-electron chi connectivity index (χ0n) is 7.52. The second kappa shape index (κ2) is 4.85. The molecule has 0 aromatic heterocycles. The van der Waals surface area contributed by atoms with E-state index in [1.54, 1.807) is 0 Å². The number of thioether (sulfide) groups is 1. The molecular formula is C9H11IN2S. The molecule has 2 nitrogen and oxygen atoms in total. The van der Waals surface area contributed by atoms with Crippen LogP contribution in [0.5, 0.6) is 0 Å². The first-order valence-electron chi connectivity index (χ1n) is 3.78. The van der Waals surface area contributed by atoms with Crippen molar-refractivity contribution in [3.63, 3.8) is 0 Å². The van der Waals surface area contributed by atoms with Crippen molar-refractivity contribution in [2.45, 2.75) is 0 Å². The number of rotatable bonds is 2. The molecule has 0 bridgehead atoms. The van der Waals surface area contributed by atoms with Crippen LogP contribution in [0.15, 0.2) is 18.2 Å². The number of hydrogen-bond donors (Lipinski definition) is 2. The van der Waals surface area contributed by atoms with Crippen molar-refractivity contribution in [2.24, 2.45) is 0 Å². The van der Waals surface area contributed by atoms with Gasteiger partial charge in [-0.15, -0.1) is 11.8 Å². The van der Waals surface area contributed by atoms with E-state index in [4.69, 9.17) is 5.41 Å². The van der Waals surface area contributed by atoms with Crippen molar-refractivity contribution in [1.82, 2.24) is 0 Å². The summed E-state index contributed by atoms with van der Waals surface area (Å²) in [6, 6.07) is 6.05. The molecule has 0 atom stereocenters. The normalized spacial score (nSPS) is 9.77. The smallest absolute Gasteiger partial charge is 0.0940 e. The van der Waals surface area contributed by atoms with E-state index in [0.29, 0.717) is 5.04 Å². The predicted octanol–water partition coefficient (Wildman–Crippen LogP) is 3.02. The van der Waals surface area contributed by atoms with Gasteiger partial charge >= 0.3 is 0 Å². The lowest BCUT2D eigenvalue weighted by Gasteiger charge is -2.05. The van der Waals surface area contributed by atoms with E-state index in [-0.39, 0.29) is 0 Å². The Bertz CT molecular complexity index is 325. The van der Waals surface area contributed by atoms with Crippen molar-refractivity contribution in [1.29, 1.82) is 5.41 Å². The lowest BCUT2D eigenvalue weighted by atomic mass is 10.2. The minimum absolute atomic E-state index is 0.606. The van der Waals surface area contributed by atoms with Gasteiger partial charge in [0, 0.05) is 21.9 Å². The van der Waals surface area contributed by atoms with Gasteiger partial charge in [0.15, 0.2) is 0 Å². The topological polar surface area (TPSA) is 35.9 Å². The fourth-order valence-corrected chi connectivity index (χ4v) is 2.01. The van der Waals surface area contributed by atoms with Crippen LogP contribution in [-0.2, 0) is 0 Å². The Hall–Kier alpha value is -0.230. The molecule has 0 aliphatic carbocycles. The van der Waals surface area contributed by atoms with Crippen LogP contribution in [0.2, 0.25) is 0 Å². The van der Waals surface area contributed by atoms with E-state index in [0.717, 1.165) is 14.8 Å². The maximum absolute atomic E-state index is 7.68. The molecule has 0 saturated carbocycles. The molecule has 0 spiro atoms. The van der Waals surface area contributed by atoms with E-state index in [9.17, 15) is 0 Å². The Balaban J connectivity index is 3.08. The highest BCUT2D eigenvalue weighted by Gasteiger charge is 2.02. The van der Waals surface area contributed by atoms with Gasteiger partial charge in [0.2, 0.25) is 0 Å². The zero-order chi connectivity index (χ0) is 9.84. The second-order valence-electron chi connectivity index (χ2n) is 2.51. The van der Waals surface area contributed by atoms with Crippen LogP contribution in [0.4, 0.5) is 5.69 Å². The Labute approximate surface area is 96.1 Å². The van der Waals surface area contributed by atoms with Gasteiger partial charge in [-0.25, -0.2) is 0 Å². The molecule has 70 valence electrons. The van der Waals surface area contributed by atoms with Crippen molar-refractivity contribution < 1.29 is 0 Å². The minimum Gasteiger partial charge on any atom is -0.388 e. The first kappa shape index (κ1) is 10.8. The predicted molar refractivity (Wildman–Crippen MR) is 69.0 cm³/mol. The molecule has 0 fully saturated rings. The van der Waals surface area contributed by atoms with E-state index < -0.39 is 0 Å². The third kappa shape index (κ3) is 2.87. The van der Waals surface area contributed by atoms with Crippen LogP contribution >= 0.6 is 34.4 Å². The average Bonchev–Trinajstić information content (AvgIpc) is 2.15. The molecule has 0 aliphatic rings. The van der Waals surface area contributed by atoms with Crippen molar-refractivity contribution >= 4 is 45.1 Å². The Morgan fingerprint density at radius 1 is 1.46 bits per heavy atom. The van der Waals surface area contributed by atoms with Crippen molar-refractivity contribution in [3.8, 4) is 0 Å². The first-order chi connectivity index (χ1) is 6.17. The van der Waals surface area contributed by atoms with Gasteiger partial charge in [0.1, 0.15) is 0 Å². The van der Waals surface area contributed by atoms with E-state index in [1.807, 2.05) is 25.4 Å². The number of hydrogen-bond acceptors (Lipinski definition) is 3. The lowest BCUT2D eigenvalue weighted by Crippen LogP contribution is -1.96. The lowest BCUT2D eigenvalue weighted by molar-refractivity contribution is 1.47. The largest absolute Gasteiger partial charge is 0.388 e. The summed E-state index contributed by atoms with van der Waals surface area (Å²) in [7, 11) is 1.89. The number of nitrogens with one attached hydrogen (secondary N) is 2. The Morgan fingerprint density at radius 2 is 2.15 bits per heavy atom. The standard InChI is InChI=1S/C9H11IN2S/c1-12-8-4-6(9(11)13-2)3-7(10)5-8/h3-5,11-12H,1-2H3. The van der Waals surface area contributed by atoms with Gasteiger partial charge in [-0.2, -0.15) is 0 Å². The van der Waals surface area contributed by atoms with Gasteiger partial charge in [-0.1, -0.05) is 0 Å². The first-order valence-corrected chi connectivity index (χ1v) is 6.09. The quantitative estimate of drug-likeness (QED) is 0.500. The highest BCUT2D eigenvalue weighted by molar-refractivity contribution is 14.1. The molecule has 1 aromatic carbocycles. The highest BCUT2D eigenvalue weighted by Crippen LogP contribution is 2.19. The molecule has 0 heterocycles. The third-order valence-electron chi connectivity index (χ3n) is 1.65. The van der Waals surface area contributed by atoms with Crippen LogP contribution in [0.1, 0.15) is 5.56 Å². The van der Waals surface area contributed by atoms with E-state index in [2.05, 4.69) is 34.0 Å². The Kier molecular flexibility index (Phi) is 4.05. The third-order valence-corrected chi connectivity index (χ3v) is 2.92. The van der Waals surface area contributed by atoms with E-state index in [1.165, 1.54) is 11.8 Å². The van der Waals surface area contributed by atoms with Gasteiger partial charge < -0.3 is 5.32 Å². The monoisotopic (exact) mass is 306 g/mol. The molecular weight excluding hydrogens is 295 g/mol. The summed E-state index contributed by atoms with van der Waals surface area (Å²) in [5, 5.41) is 11.4. The SMILES string of the molecule is CNc1cc(I)cc(C(=N)SC)c1. The fourth-order valence-electron chi connectivity index (χ4n) is 0.983. The molecule has 2 N–H and O–H groups in total. The second-order valence-corrected chi connectivity index (χ2v) is 4.57. The summed E-state index contributed by atoms with van der Waals surface area (Å²) in [5.41, 5.74) is 2.03. The molecule has 1 aromatic rings. The molecule has 0 saturated heterocycles. The van der Waals surface area contributed by atoms with Gasteiger partial charge in [-0.3, -0.25) is 5.41 Å². The van der Waals surface area contributed by atoms with Crippen LogP contribution in [-0.4, -0.2) is 18.3 Å². The van der Waals surface area contributed by atoms with Crippen LogP contribution in [0.25, 0.3) is 0 Å². The maximum atomic E-state index is 7.68. The maximum Gasteiger partial charge on any atom is 0.0940 e. The van der Waals surface area contributed by atoms with Crippen LogP contribution in [0, 0.1) is 8.98 Å². The molecule has 0 amide bonds. The fraction of sp³-hybridized carbons (Fsp3) is 0.222. The van der Waals surface area contributed by atoms with Crippen molar-refractivity contribution in [2.75, 3.05) is 18.6 Å². The highest BCUT2D eigenvalue weighted by atomic mass is 127. The Morgan fingerprint density at radius 3 is 2.69 bits per heavy atom. The van der Waals surface area contributed by atoms with Gasteiger partial charge in [0.25, 0.3) is 0 Å². The number of benzene rings is 1. The summed E-state index contributed by atoms with van der Waals surface area (Å²) in [5.74, 6) is 0. The van der Waals surface area contributed by atoms with Crippen LogP contribution < -0.4 is 5.32 Å².